The van der Waals surface area contributed by atoms with Crippen LogP contribution < -0.4 is 19.7 Å². The molecular formula is C13H16F2N2O2. The Hall–Kier alpha value is -1.56. The minimum atomic E-state index is -3.54. The first-order chi connectivity index (χ1) is 9.07. The molecule has 1 saturated heterocycles. The van der Waals surface area contributed by atoms with Crippen LogP contribution in [0.3, 0.4) is 0 Å². The average molecular weight is 270 g/mol. The van der Waals surface area contributed by atoms with E-state index in [9.17, 15) is 8.78 Å². The molecule has 0 amide bonds. The van der Waals surface area contributed by atoms with Crippen molar-refractivity contribution in [3.63, 3.8) is 0 Å². The third-order valence-corrected chi connectivity index (χ3v) is 3.43. The van der Waals surface area contributed by atoms with Crippen LogP contribution in [0.5, 0.6) is 11.5 Å². The largest absolute Gasteiger partial charge is 0.586 e. The van der Waals surface area contributed by atoms with E-state index in [0.29, 0.717) is 6.04 Å². The van der Waals surface area contributed by atoms with Crippen LogP contribution in [0.4, 0.5) is 14.5 Å². The first-order valence-electron chi connectivity index (χ1n) is 6.45. The van der Waals surface area contributed by atoms with Crippen LogP contribution >= 0.6 is 0 Å². The van der Waals surface area contributed by atoms with Gasteiger partial charge in [0, 0.05) is 30.9 Å². The van der Waals surface area contributed by atoms with Crippen molar-refractivity contribution >= 4 is 5.69 Å². The van der Waals surface area contributed by atoms with Gasteiger partial charge in [0.15, 0.2) is 11.5 Å². The number of nitrogens with one attached hydrogen (secondary N) is 1. The molecule has 0 aliphatic carbocycles. The molecule has 3 rings (SSSR count). The summed E-state index contributed by atoms with van der Waals surface area (Å²) in [5, 5.41) is 3.39. The molecule has 6 heteroatoms. The fourth-order valence-electron chi connectivity index (χ4n) is 2.58. The van der Waals surface area contributed by atoms with Crippen molar-refractivity contribution in [2.45, 2.75) is 25.7 Å². The van der Waals surface area contributed by atoms with Gasteiger partial charge in [-0.2, -0.15) is 0 Å². The normalized spacial score (nSPS) is 23.9. The molecule has 1 unspecified atom stereocenters. The second-order valence-corrected chi connectivity index (χ2v) is 4.79. The highest BCUT2D eigenvalue weighted by Gasteiger charge is 2.43. The van der Waals surface area contributed by atoms with Crippen LogP contribution in [-0.2, 0) is 0 Å². The maximum atomic E-state index is 12.9. The first-order valence-corrected chi connectivity index (χ1v) is 6.45. The standard InChI is InChI=1S/C13H16F2N2O2/c1-2-16-9-5-6-17(8-9)10-3-4-11-12(7-10)19-13(14,15)18-11/h3-4,7,9,16H,2,5-6,8H2,1H3. The quantitative estimate of drug-likeness (QED) is 0.913. The van der Waals surface area contributed by atoms with Crippen molar-refractivity contribution in [2.24, 2.45) is 0 Å². The Balaban J connectivity index is 1.74. The number of hydrogen-bond donors (Lipinski definition) is 1. The highest BCUT2D eigenvalue weighted by atomic mass is 19.3. The van der Waals surface area contributed by atoms with Crippen molar-refractivity contribution in [2.75, 3.05) is 24.5 Å². The van der Waals surface area contributed by atoms with Crippen molar-refractivity contribution in [3.05, 3.63) is 18.2 Å². The fourth-order valence-corrected chi connectivity index (χ4v) is 2.58. The van der Waals surface area contributed by atoms with Crippen molar-refractivity contribution in [1.29, 1.82) is 0 Å². The number of likely N-dealkylation sites (N-methyl/N-ethyl adjacent to an activating group) is 1. The van der Waals surface area contributed by atoms with E-state index in [0.717, 1.165) is 31.7 Å². The topological polar surface area (TPSA) is 33.7 Å². The number of benzene rings is 1. The number of fused-ring (bicyclic) bond motifs is 1. The van der Waals surface area contributed by atoms with E-state index in [1.54, 1.807) is 12.1 Å². The number of alkyl halides is 2. The number of anilines is 1. The maximum Gasteiger partial charge on any atom is 0.586 e. The van der Waals surface area contributed by atoms with Gasteiger partial charge in [-0.15, -0.1) is 8.78 Å². The number of halogens is 2. The molecule has 1 atom stereocenters. The molecule has 2 aliphatic heterocycles. The molecule has 2 aliphatic rings. The Bertz CT molecular complexity index is 482. The van der Waals surface area contributed by atoms with E-state index in [1.807, 2.05) is 0 Å². The van der Waals surface area contributed by atoms with E-state index < -0.39 is 6.29 Å². The summed E-state index contributed by atoms with van der Waals surface area (Å²) in [6.45, 7) is 4.80. The lowest BCUT2D eigenvalue weighted by Gasteiger charge is -2.19. The maximum absolute atomic E-state index is 12.9. The predicted molar refractivity (Wildman–Crippen MR) is 66.9 cm³/mol. The zero-order valence-electron chi connectivity index (χ0n) is 10.7. The first kappa shape index (κ1) is 12.5. The lowest BCUT2D eigenvalue weighted by molar-refractivity contribution is -0.286. The molecule has 0 bridgehead atoms. The summed E-state index contributed by atoms with van der Waals surface area (Å²) < 4.78 is 34.7. The Morgan fingerprint density at radius 1 is 1.37 bits per heavy atom. The zero-order valence-corrected chi connectivity index (χ0v) is 10.7. The van der Waals surface area contributed by atoms with Gasteiger partial charge in [-0.1, -0.05) is 6.92 Å². The van der Waals surface area contributed by atoms with Crippen LogP contribution in [0.15, 0.2) is 18.2 Å². The number of ether oxygens (including phenoxy) is 2. The number of hydrogen-bond acceptors (Lipinski definition) is 4. The summed E-state index contributed by atoms with van der Waals surface area (Å²) in [6.07, 6.45) is -2.49. The molecule has 0 aromatic heterocycles. The molecule has 0 spiro atoms. The van der Waals surface area contributed by atoms with Gasteiger partial charge in [0.05, 0.1) is 0 Å². The molecule has 1 N–H and O–H groups in total. The molecule has 1 aromatic carbocycles. The summed E-state index contributed by atoms with van der Waals surface area (Å²) in [7, 11) is 0. The summed E-state index contributed by atoms with van der Waals surface area (Å²) in [5.41, 5.74) is 0.889. The van der Waals surface area contributed by atoms with Crippen molar-refractivity contribution in [3.8, 4) is 11.5 Å². The molecule has 1 fully saturated rings. The average Bonchev–Trinajstić information content (AvgIpc) is 2.90. The zero-order chi connectivity index (χ0) is 13.5. The van der Waals surface area contributed by atoms with E-state index in [4.69, 9.17) is 0 Å². The van der Waals surface area contributed by atoms with Crippen molar-refractivity contribution in [1.82, 2.24) is 5.32 Å². The van der Waals surface area contributed by atoms with Gasteiger partial charge in [-0.05, 0) is 25.1 Å². The predicted octanol–water partition coefficient (Wildman–Crippen LogP) is 2.20. The fraction of sp³-hybridized carbons (Fsp3) is 0.538. The van der Waals surface area contributed by atoms with Crippen LogP contribution in [0.2, 0.25) is 0 Å². The van der Waals surface area contributed by atoms with E-state index in [-0.39, 0.29) is 11.5 Å². The molecule has 0 radical (unpaired) electrons. The van der Waals surface area contributed by atoms with Crippen LogP contribution in [-0.4, -0.2) is 32.0 Å². The Morgan fingerprint density at radius 3 is 2.95 bits per heavy atom. The summed E-state index contributed by atoms with van der Waals surface area (Å²) >= 11 is 0. The molecule has 2 heterocycles. The molecule has 19 heavy (non-hydrogen) atoms. The Kier molecular flexibility index (Phi) is 2.97. The second-order valence-electron chi connectivity index (χ2n) is 4.79. The third kappa shape index (κ3) is 2.45. The van der Waals surface area contributed by atoms with Crippen LogP contribution in [0.25, 0.3) is 0 Å². The van der Waals surface area contributed by atoms with Crippen LogP contribution in [0.1, 0.15) is 13.3 Å². The Morgan fingerprint density at radius 2 is 2.16 bits per heavy atom. The highest BCUT2D eigenvalue weighted by molar-refractivity contribution is 5.58. The highest BCUT2D eigenvalue weighted by Crippen LogP contribution is 2.43. The molecule has 1 aromatic rings. The minimum Gasteiger partial charge on any atom is -0.395 e. The number of rotatable bonds is 3. The van der Waals surface area contributed by atoms with Gasteiger partial charge in [0.25, 0.3) is 0 Å². The Labute approximate surface area is 110 Å². The van der Waals surface area contributed by atoms with Gasteiger partial charge >= 0.3 is 6.29 Å². The van der Waals surface area contributed by atoms with Gasteiger partial charge in [0.1, 0.15) is 0 Å². The second kappa shape index (κ2) is 4.52. The lowest BCUT2D eigenvalue weighted by atomic mass is 10.2. The van der Waals surface area contributed by atoms with E-state index in [2.05, 4.69) is 26.6 Å². The van der Waals surface area contributed by atoms with Gasteiger partial charge < -0.3 is 19.7 Å². The molecule has 104 valence electrons. The van der Waals surface area contributed by atoms with Crippen molar-refractivity contribution < 1.29 is 18.3 Å². The van der Waals surface area contributed by atoms with Gasteiger partial charge in [0.2, 0.25) is 0 Å². The summed E-state index contributed by atoms with van der Waals surface area (Å²) in [5.74, 6) is 0.200. The third-order valence-electron chi connectivity index (χ3n) is 3.43. The molecule has 4 nitrogen and oxygen atoms in total. The molecule has 0 saturated carbocycles. The lowest BCUT2D eigenvalue weighted by Crippen LogP contribution is -2.32. The van der Waals surface area contributed by atoms with E-state index >= 15 is 0 Å². The summed E-state index contributed by atoms with van der Waals surface area (Å²) in [4.78, 5) is 2.16. The number of nitrogens with zero attached hydrogens (tertiary/aromatic N) is 1. The van der Waals surface area contributed by atoms with Crippen LogP contribution in [0, 0.1) is 0 Å². The van der Waals surface area contributed by atoms with Gasteiger partial charge in [-0.3, -0.25) is 0 Å². The SMILES string of the molecule is CCNC1CCN(c2ccc3c(c2)OC(F)(F)O3)C1. The summed E-state index contributed by atoms with van der Waals surface area (Å²) in [6, 6.07) is 5.39. The minimum absolute atomic E-state index is 0.0937. The monoisotopic (exact) mass is 270 g/mol. The van der Waals surface area contributed by atoms with Gasteiger partial charge in [-0.25, -0.2) is 0 Å². The van der Waals surface area contributed by atoms with E-state index in [1.165, 1.54) is 6.07 Å². The smallest absolute Gasteiger partial charge is 0.395 e. The molecular weight excluding hydrogens is 254 g/mol.